The fourth-order valence-corrected chi connectivity index (χ4v) is 4.43. The molecule has 0 bridgehead atoms. The molecule has 0 aromatic heterocycles. The number of aliphatic hydroxyl groups is 1. The van der Waals surface area contributed by atoms with Gasteiger partial charge in [-0.25, -0.2) is 0 Å². The van der Waals surface area contributed by atoms with Crippen LogP contribution in [0.15, 0.2) is 59.1 Å². The van der Waals surface area contributed by atoms with Crippen LogP contribution in [-0.4, -0.2) is 5.11 Å². The van der Waals surface area contributed by atoms with Crippen LogP contribution in [0, 0.1) is 0 Å². The molecule has 104 valence electrons. The molecule has 0 amide bonds. The molecule has 0 aliphatic heterocycles. The largest absolute Gasteiger partial charge is 0.387 e. The van der Waals surface area contributed by atoms with E-state index >= 15 is 0 Å². The Morgan fingerprint density at radius 2 is 1.52 bits per heavy atom. The Morgan fingerprint density at radius 1 is 0.857 bits per heavy atom. The molecule has 0 saturated carbocycles. The van der Waals surface area contributed by atoms with Crippen molar-refractivity contribution in [3.05, 3.63) is 70.2 Å². The number of alkyl halides is 1. The van der Waals surface area contributed by atoms with Crippen molar-refractivity contribution < 1.29 is 5.11 Å². The quantitative estimate of drug-likeness (QED) is 0.473. The lowest BCUT2D eigenvalue weighted by Gasteiger charge is -2.30. The van der Waals surface area contributed by atoms with Gasteiger partial charge in [0.15, 0.2) is 0 Å². The van der Waals surface area contributed by atoms with Crippen LogP contribution in [-0.2, 0) is 0 Å². The SMILES string of the molecule is O[C@@H]1c2c(cc(Br)c3ccccc23)-c2ccccc2[C@H]1Br. The van der Waals surface area contributed by atoms with E-state index in [0.29, 0.717) is 0 Å². The summed E-state index contributed by atoms with van der Waals surface area (Å²) >= 11 is 7.33. The minimum absolute atomic E-state index is 0.0780. The summed E-state index contributed by atoms with van der Waals surface area (Å²) in [6.45, 7) is 0. The molecule has 4 rings (SSSR count). The van der Waals surface area contributed by atoms with E-state index < -0.39 is 6.10 Å². The Labute approximate surface area is 139 Å². The summed E-state index contributed by atoms with van der Waals surface area (Å²) in [5.41, 5.74) is 4.44. The second-order valence-corrected chi connectivity index (χ2v) is 7.14. The molecular weight excluding hydrogens is 392 g/mol. The molecule has 0 heterocycles. The molecule has 0 fully saturated rings. The first-order valence-electron chi connectivity index (χ1n) is 6.81. The van der Waals surface area contributed by atoms with Gasteiger partial charge in [-0.1, -0.05) is 80.4 Å². The van der Waals surface area contributed by atoms with Crippen molar-refractivity contribution >= 4 is 42.6 Å². The summed E-state index contributed by atoms with van der Waals surface area (Å²) in [7, 11) is 0. The summed E-state index contributed by atoms with van der Waals surface area (Å²) in [6, 6.07) is 18.6. The molecule has 0 saturated heterocycles. The lowest BCUT2D eigenvalue weighted by Crippen LogP contribution is -2.14. The second kappa shape index (κ2) is 4.94. The third-order valence-corrected chi connectivity index (χ3v) is 5.81. The molecule has 0 spiro atoms. The highest BCUT2D eigenvalue weighted by molar-refractivity contribution is 9.10. The number of benzene rings is 3. The van der Waals surface area contributed by atoms with Crippen molar-refractivity contribution in [1.82, 2.24) is 0 Å². The Balaban J connectivity index is 2.17. The van der Waals surface area contributed by atoms with Crippen molar-refractivity contribution in [2.45, 2.75) is 10.9 Å². The van der Waals surface area contributed by atoms with E-state index in [1.807, 2.05) is 24.3 Å². The van der Waals surface area contributed by atoms with Gasteiger partial charge in [-0.05, 0) is 39.1 Å². The van der Waals surface area contributed by atoms with Crippen LogP contribution in [0.3, 0.4) is 0 Å². The van der Waals surface area contributed by atoms with Gasteiger partial charge in [-0.3, -0.25) is 0 Å². The van der Waals surface area contributed by atoms with Crippen LogP contribution in [0.1, 0.15) is 22.1 Å². The Morgan fingerprint density at radius 3 is 2.33 bits per heavy atom. The molecule has 3 aromatic rings. The highest BCUT2D eigenvalue weighted by Gasteiger charge is 2.32. The Bertz CT molecular complexity index is 857. The zero-order chi connectivity index (χ0) is 14.6. The number of fused-ring (bicyclic) bond motifs is 5. The molecule has 1 nitrogen and oxygen atoms in total. The molecule has 21 heavy (non-hydrogen) atoms. The van der Waals surface area contributed by atoms with Crippen molar-refractivity contribution in [3.8, 4) is 11.1 Å². The van der Waals surface area contributed by atoms with Gasteiger partial charge < -0.3 is 5.11 Å². The minimum atomic E-state index is -0.548. The first-order chi connectivity index (χ1) is 10.2. The monoisotopic (exact) mass is 402 g/mol. The van der Waals surface area contributed by atoms with Crippen LogP contribution in [0.4, 0.5) is 0 Å². The Kier molecular flexibility index (Phi) is 3.18. The maximum Gasteiger partial charge on any atom is 0.0968 e. The van der Waals surface area contributed by atoms with E-state index in [4.69, 9.17) is 0 Å². The molecule has 1 N–H and O–H groups in total. The standard InChI is InChI=1S/C18H12Br2O/c19-15-9-14-10-5-1-4-8-13(10)17(20)18(21)16(14)12-7-3-2-6-11(12)15/h1-9,17-18,21H/t17-,18-/m1/s1. The average molecular weight is 404 g/mol. The summed E-state index contributed by atoms with van der Waals surface area (Å²) in [6.07, 6.45) is -0.548. The Hall–Kier alpha value is -1.16. The summed E-state index contributed by atoms with van der Waals surface area (Å²) < 4.78 is 1.06. The molecular formula is C18H12Br2O. The normalized spacial score (nSPS) is 20.1. The zero-order valence-electron chi connectivity index (χ0n) is 11.1. The first-order valence-corrected chi connectivity index (χ1v) is 8.52. The van der Waals surface area contributed by atoms with Gasteiger partial charge in [0.2, 0.25) is 0 Å². The summed E-state index contributed by atoms with van der Waals surface area (Å²) in [4.78, 5) is -0.0780. The third kappa shape index (κ3) is 1.91. The first kappa shape index (κ1) is 13.5. The average Bonchev–Trinajstić information content (AvgIpc) is 2.53. The fraction of sp³-hybridized carbons (Fsp3) is 0.111. The molecule has 0 radical (unpaired) electrons. The molecule has 1 aliphatic carbocycles. The lowest BCUT2D eigenvalue weighted by molar-refractivity contribution is 0.177. The smallest absolute Gasteiger partial charge is 0.0968 e. The maximum absolute atomic E-state index is 10.8. The topological polar surface area (TPSA) is 20.2 Å². The highest BCUT2D eigenvalue weighted by Crippen LogP contribution is 2.51. The molecule has 3 aromatic carbocycles. The number of halogens is 2. The fourth-order valence-electron chi connectivity index (χ4n) is 3.19. The van der Waals surface area contributed by atoms with Crippen LogP contribution in [0.5, 0.6) is 0 Å². The molecule has 1 aliphatic rings. The van der Waals surface area contributed by atoms with Gasteiger partial charge in [-0.2, -0.15) is 0 Å². The maximum atomic E-state index is 10.8. The number of hydrogen-bond acceptors (Lipinski definition) is 1. The van der Waals surface area contributed by atoms with Crippen molar-refractivity contribution in [1.29, 1.82) is 0 Å². The van der Waals surface area contributed by atoms with E-state index in [1.54, 1.807) is 0 Å². The molecule has 0 unspecified atom stereocenters. The van der Waals surface area contributed by atoms with E-state index in [9.17, 15) is 5.11 Å². The predicted octanol–water partition coefficient (Wildman–Crippen LogP) is 5.75. The van der Waals surface area contributed by atoms with Gasteiger partial charge in [0.25, 0.3) is 0 Å². The van der Waals surface area contributed by atoms with Crippen molar-refractivity contribution in [2.24, 2.45) is 0 Å². The number of aliphatic hydroxyl groups excluding tert-OH is 1. The van der Waals surface area contributed by atoms with E-state index in [2.05, 4.69) is 62.2 Å². The van der Waals surface area contributed by atoms with Crippen LogP contribution >= 0.6 is 31.9 Å². The predicted molar refractivity (Wildman–Crippen MR) is 93.7 cm³/mol. The van der Waals surface area contributed by atoms with Crippen LogP contribution in [0.2, 0.25) is 0 Å². The lowest BCUT2D eigenvalue weighted by atomic mass is 9.81. The van der Waals surface area contributed by atoms with Crippen molar-refractivity contribution in [2.75, 3.05) is 0 Å². The van der Waals surface area contributed by atoms with Crippen LogP contribution in [0.25, 0.3) is 21.9 Å². The van der Waals surface area contributed by atoms with E-state index in [1.165, 1.54) is 5.56 Å². The highest BCUT2D eigenvalue weighted by atomic mass is 79.9. The van der Waals surface area contributed by atoms with Crippen LogP contribution < -0.4 is 0 Å². The van der Waals surface area contributed by atoms with Crippen molar-refractivity contribution in [3.63, 3.8) is 0 Å². The minimum Gasteiger partial charge on any atom is -0.387 e. The van der Waals surface area contributed by atoms with Gasteiger partial charge in [0.05, 0.1) is 10.9 Å². The van der Waals surface area contributed by atoms with Gasteiger partial charge >= 0.3 is 0 Å². The summed E-state index contributed by atoms with van der Waals surface area (Å²) in [5, 5.41) is 13.0. The van der Waals surface area contributed by atoms with Gasteiger partial charge in [0, 0.05) is 4.47 Å². The van der Waals surface area contributed by atoms with E-state index in [-0.39, 0.29) is 4.83 Å². The van der Waals surface area contributed by atoms with Gasteiger partial charge in [0.1, 0.15) is 0 Å². The summed E-state index contributed by atoms with van der Waals surface area (Å²) in [5.74, 6) is 0. The van der Waals surface area contributed by atoms with Gasteiger partial charge in [-0.15, -0.1) is 0 Å². The zero-order valence-corrected chi connectivity index (χ0v) is 14.2. The van der Waals surface area contributed by atoms with E-state index in [0.717, 1.165) is 31.9 Å². The number of rotatable bonds is 0. The number of hydrogen-bond donors (Lipinski definition) is 1. The molecule has 2 atom stereocenters. The molecule has 3 heteroatoms. The third-order valence-electron chi connectivity index (χ3n) is 4.16. The second-order valence-electron chi connectivity index (χ2n) is 5.30.